The van der Waals surface area contributed by atoms with E-state index in [4.69, 9.17) is 0 Å². The average Bonchev–Trinajstić information content (AvgIpc) is 3.16. The maximum atomic E-state index is 12.4. The van der Waals surface area contributed by atoms with Gasteiger partial charge in [0.25, 0.3) is 0 Å². The number of anilines is 1. The van der Waals surface area contributed by atoms with Crippen LogP contribution in [-0.4, -0.2) is 38.4 Å². The predicted molar refractivity (Wildman–Crippen MR) is 90.3 cm³/mol. The Balaban J connectivity index is 1.57. The van der Waals surface area contributed by atoms with Crippen molar-refractivity contribution in [2.45, 2.75) is 32.7 Å². The third-order valence-electron chi connectivity index (χ3n) is 3.83. The number of carbonyl (C=O) groups excluding carboxylic acids is 2. The quantitative estimate of drug-likeness (QED) is 0.863. The molecule has 2 amide bonds. The van der Waals surface area contributed by atoms with E-state index >= 15 is 0 Å². The average molecular weight is 345 g/mol. The van der Waals surface area contributed by atoms with Gasteiger partial charge in [-0.05, 0) is 18.6 Å². The summed E-state index contributed by atoms with van der Waals surface area (Å²) in [7, 11) is 0. The van der Waals surface area contributed by atoms with Gasteiger partial charge in [0.2, 0.25) is 16.9 Å². The Hall–Kier alpha value is -2.35. The van der Waals surface area contributed by atoms with Gasteiger partial charge in [-0.15, -0.1) is 10.2 Å². The summed E-state index contributed by atoms with van der Waals surface area (Å²) in [5.41, 5.74) is 0.820. The molecular formula is C16H19N5O2S. The molecule has 1 aliphatic heterocycles. The van der Waals surface area contributed by atoms with Gasteiger partial charge < -0.3 is 10.2 Å². The van der Waals surface area contributed by atoms with Crippen LogP contribution < -0.4 is 5.32 Å². The zero-order valence-corrected chi connectivity index (χ0v) is 14.3. The Labute approximate surface area is 144 Å². The second-order valence-electron chi connectivity index (χ2n) is 5.74. The molecule has 1 atom stereocenters. The fraction of sp³-hybridized carbons (Fsp3) is 0.438. The molecule has 0 aromatic carbocycles. The molecule has 126 valence electrons. The molecule has 1 aliphatic rings. The minimum atomic E-state index is -0.361. The van der Waals surface area contributed by atoms with Gasteiger partial charge in [-0.1, -0.05) is 24.3 Å². The van der Waals surface area contributed by atoms with Crippen molar-refractivity contribution in [1.82, 2.24) is 20.1 Å². The number of carbonyl (C=O) groups is 2. The summed E-state index contributed by atoms with van der Waals surface area (Å²) in [5, 5.41) is 12.2. The highest BCUT2D eigenvalue weighted by molar-refractivity contribution is 7.15. The summed E-state index contributed by atoms with van der Waals surface area (Å²) < 4.78 is 0. The third-order valence-corrected chi connectivity index (χ3v) is 4.72. The van der Waals surface area contributed by atoms with E-state index in [1.54, 1.807) is 11.1 Å². The van der Waals surface area contributed by atoms with Crippen molar-refractivity contribution in [2.75, 3.05) is 11.9 Å². The number of pyridine rings is 1. The first-order valence-electron chi connectivity index (χ1n) is 7.96. The first-order chi connectivity index (χ1) is 11.7. The van der Waals surface area contributed by atoms with Gasteiger partial charge in [0.15, 0.2) is 0 Å². The molecule has 1 fully saturated rings. The van der Waals surface area contributed by atoms with E-state index < -0.39 is 0 Å². The van der Waals surface area contributed by atoms with E-state index in [9.17, 15) is 9.59 Å². The standard InChI is InChI=1S/C16H19N5O2S/c1-2-5-13-19-20-16(24-13)18-15(23)11-8-14(22)21(9-11)10-12-6-3-4-7-17-12/h3-4,6-7,11H,2,5,8-10H2,1H3,(H,18,20,23)/t11-/m1/s1. The van der Waals surface area contributed by atoms with Crippen molar-refractivity contribution in [2.24, 2.45) is 5.92 Å². The van der Waals surface area contributed by atoms with E-state index in [1.807, 2.05) is 18.2 Å². The number of amides is 2. The van der Waals surface area contributed by atoms with Gasteiger partial charge in [-0.3, -0.25) is 14.6 Å². The molecule has 7 nitrogen and oxygen atoms in total. The molecule has 0 aliphatic carbocycles. The topological polar surface area (TPSA) is 88.1 Å². The van der Waals surface area contributed by atoms with Gasteiger partial charge in [-0.2, -0.15) is 0 Å². The lowest BCUT2D eigenvalue weighted by molar-refractivity contribution is -0.128. The SMILES string of the molecule is CCCc1nnc(NC(=O)[C@@H]2CC(=O)N(Cc3ccccn3)C2)s1. The van der Waals surface area contributed by atoms with Crippen LogP contribution in [-0.2, 0) is 22.6 Å². The highest BCUT2D eigenvalue weighted by Crippen LogP contribution is 2.23. The molecule has 0 saturated carbocycles. The highest BCUT2D eigenvalue weighted by atomic mass is 32.1. The van der Waals surface area contributed by atoms with Crippen LogP contribution in [0.3, 0.4) is 0 Å². The molecule has 2 aromatic heterocycles. The lowest BCUT2D eigenvalue weighted by Crippen LogP contribution is -2.28. The lowest BCUT2D eigenvalue weighted by Gasteiger charge is -2.15. The number of rotatable bonds is 6. The van der Waals surface area contributed by atoms with Crippen molar-refractivity contribution in [1.29, 1.82) is 0 Å². The van der Waals surface area contributed by atoms with Crippen LogP contribution in [0.15, 0.2) is 24.4 Å². The smallest absolute Gasteiger partial charge is 0.231 e. The van der Waals surface area contributed by atoms with Gasteiger partial charge >= 0.3 is 0 Å². The number of nitrogens with one attached hydrogen (secondary N) is 1. The van der Waals surface area contributed by atoms with Crippen LogP contribution in [0.1, 0.15) is 30.5 Å². The van der Waals surface area contributed by atoms with Crippen molar-refractivity contribution >= 4 is 28.3 Å². The van der Waals surface area contributed by atoms with E-state index in [0.29, 0.717) is 18.2 Å². The molecule has 0 unspecified atom stereocenters. The van der Waals surface area contributed by atoms with Gasteiger partial charge in [0, 0.05) is 25.6 Å². The number of aryl methyl sites for hydroxylation is 1. The second kappa shape index (κ2) is 7.48. The monoisotopic (exact) mass is 345 g/mol. The summed E-state index contributed by atoms with van der Waals surface area (Å²) >= 11 is 1.39. The number of hydrogen-bond donors (Lipinski definition) is 1. The molecular weight excluding hydrogens is 326 g/mol. The fourth-order valence-electron chi connectivity index (χ4n) is 2.61. The predicted octanol–water partition coefficient (Wildman–Crippen LogP) is 1.87. The highest BCUT2D eigenvalue weighted by Gasteiger charge is 2.34. The first-order valence-corrected chi connectivity index (χ1v) is 8.78. The number of nitrogens with zero attached hydrogens (tertiary/aromatic N) is 4. The van der Waals surface area contributed by atoms with E-state index in [2.05, 4.69) is 27.4 Å². The minimum Gasteiger partial charge on any atom is -0.336 e. The van der Waals surface area contributed by atoms with Crippen molar-refractivity contribution in [3.05, 3.63) is 35.1 Å². The molecule has 1 saturated heterocycles. The van der Waals surface area contributed by atoms with Gasteiger partial charge in [0.1, 0.15) is 5.01 Å². The lowest BCUT2D eigenvalue weighted by atomic mass is 10.1. The molecule has 24 heavy (non-hydrogen) atoms. The van der Waals surface area contributed by atoms with Crippen LogP contribution in [0.2, 0.25) is 0 Å². The Morgan fingerprint density at radius 3 is 3.04 bits per heavy atom. The van der Waals surface area contributed by atoms with E-state index in [0.717, 1.165) is 23.5 Å². The Kier molecular flexibility index (Phi) is 5.14. The minimum absolute atomic E-state index is 0.0234. The summed E-state index contributed by atoms with van der Waals surface area (Å²) in [6.07, 6.45) is 3.76. The van der Waals surface area contributed by atoms with Crippen LogP contribution in [0, 0.1) is 5.92 Å². The molecule has 3 heterocycles. The summed E-state index contributed by atoms with van der Waals surface area (Å²) in [6.45, 7) is 2.91. The first kappa shape index (κ1) is 16.5. The van der Waals surface area contributed by atoms with Crippen LogP contribution in [0.25, 0.3) is 0 Å². The van der Waals surface area contributed by atoms with Crippen molar-refractivity contribution in [3.8, 4) is 0 Å². The fourth-order valence-corrected chi connectivity index (χ4v) is 3.46. The Morgan fingerprint density at radius 1 is 1.42 bits per heavy atom. The number of aromatic nitrogens is 3. The molecule has 0 radical (unpaired) electrons. The maximum absolute atomic E-state index is 12.4. The van der Waals surface area contributed by atoms with Gasteiger partial charge in [-0.25, -0.2) is 0 Å². The molecule has 8 heteroatoms. The Morgan fingerprint density at radius 2 is 2.29 bits per heavy atom. The molecule has 1 N–H and O–H groups in total. The second-order valence-corrected chi connectivity index (χ2v) is 6.80. The summed E-state index contributed by atoms with van der Waals surface area (Å²) in [5.74, 6) is -0.560. The third kappa shape index (κ3) is 3.94. The van der Waals surface area contributed by atoms with Crippen LogP contribution in [0.5, 0.6) is 0 Å². The van der Waals surface area contributed by atoms with Gasteiger partial charge in [0.05, 0.1) is 18.2 Å². The van der Waals surface area contributed by atoms with Crippen molar-refractivity contribution < 1.29 is 9.59 Å². The molecule has 3 rings (SSSR count). The van der Waals surface area contributed by atoms with E-state index in [-0.39, 0.29) is 24.2 Å². The normalized spacial score (nSPS) is 17.3. The maximum Gasteiger partial charge on any atom is 0.231 e. The zero-order chi connectivity index (χ0) is 16.9. The molecule has 0 bridgehead atoms. The van der Waals surface area contributed by atoms with E-state index in [1.165, 1.54) is 11.3 Å². The zero-order valence-electron chi connectivity index (χ0n) is 13.4. The van der Waals surface area contributed by atoms with Crippen molar-refractivity contribution in [3.63, 3.8) is 0 Å². The summed E-state index contributed by atoms with van der Waals surface area (Å²) in [4.78, 5) is 30.4. The summed E-state index contributed by atoms with van der Waals surface area (Å²) in [6, 6.07) is 5.59. The van der Waals surface area contributed by atoms with Crippen LogP contribution >= 0.6 is 11.3 Å². The molecule has 0 spiro atoms. The largest absolute Gasteiger partial charge is 0.336 e. The van der Waals surface area contributed by atoms with Crippen LogP contribution in [0.4, 0.5) is 5.13 Å². The Bertz CT molecular complexity index is 718. The number of likely N-dealkylation sites (tertiary alicyclic amines) is 1. The molecule has 2 aromatic rings. The number of hydrogen-bond acceptors (Lipinski definition) is 6.